The zero-order valence-corrected chi connectivity index (χ0v) is 16.3. The summed E-state index contributed by atoms with van der Waals surface area (Å²) in [5, 5.41) is 0. The van der Waals surface area contributed by atoms with Crippen molar-refractivity contribution in [3.8, 4) is 0 Å². The first-order chi connectivity index (χ1) is 12.0. The summed E-state index contributed by atoms with van der Waals surface area (Å²) in [5.74, 6) is -1.34. The minimum Gasteiger partial charge on any atom is -0.364 e. The molecular formula is C18H23N3O4S. The quantitative estimate of drug-likeness (QED) is 0.829. The molecule has 2 amide bonds. The third-order valence-electron chi connectivity index (χ3n) is 4.25. The lowest BCUT2D eigenvalue weighted by Gasteiger charge is -2.14. The Labute approximate surface area is 153 Å². The number of hydrogen-bond donors (Lipinski definition) is 2. The van der Waals surface area contributed by atoms with Crippen LogP contribution in [0.25, 0.3) is 0 Å². The van der Waals surface area contributed by atoms with Crippen molar-refractivity contribution in [3.63, 3.8) is 0 Å². The summed E-state index contributed by atoms with van der Waals surface area (Å²) >= 11 is 0. The van der Waals surface area contributed by atoms with Crippen LogP contribution in [0.1, 0.15) is 44.6 Å². The molecule has 1 aromatic carbocycles. The number of aromatic nitrogens is 1. The fourth-order valence-electron chi connectivity index (χ4n) is 2.84. The van der Waals surface area contributed by atoms with Crippen molar-refractivity contribution in [2.45, 2.75) is 37.5 Å². The maximum atomic E-state index is 13.2. The maximum absolute atomic E-state index is 13.2. The van der Waals surface area contributed by atoms with Gasteiger partial charge in [0.05, 0.1) is 4.90 Å². The van der Waals surface area contributed by atoms with E-state index >= 15 is 0 Å². The van der Waals surface area contributed by atoms with Gasteiger partial charge in [-0.1, -0.05) is 6.07 Å². The largest absolute Gasteiger partial charge is 0.364 e. The maximum Gasteiger partial charge on any atom is 0.270 e. The van der Waals surface area contributed by atoms with Crippen LogP contribution in [0.3, 0.4) is 0 Å². The van der Waals surface area contributed by atoms with Crippen LogP contribution in [0, 0.1) is 20.8 Å². The molecular weight excluding hydrogens is 354 g/mol. The molecule has 26 heavy (non-hydrogen) atoms. The number of H-pyrrole nitrogens is 1. The van der Waals surface area contributed by atoms with E-state index in [1.165, 1.54) is 24.0 Å². The molecule has 0 aliphatic carbocycles. The Hall–Kier alpha value is -2.61. The molecule has 2 aromatic rings. The molecule has 2 rings (SSSR count). The summed E-state index contributed by atoms with van der Waals surface area (Å²) in [5.41, 5.74) is 6.88. The summed E-state index contributed by atoms with van der Waals surface area (Å²) in [4.78, 5) is 28.2. The van der Waals surface area contributed by atoms with Crippen LogP contribution in [0.15, 0.2) is 28.0 Å². The molecule has 3 N–H and O–H groups in total. The molecule has 0 aliphatic heterocycles. The van der Waals surface area contributed by atoms with E-state index in [1.54, 1.807) is 27.8 Å². The van der Waals surface area contributed by atoms with E-state index in [-0.39, 0.29) is 26.7 Å². The third kappa shape index (κ3) is 3.37. The first-order valence-electron chi connectivity index (χ1n) is 8.11. The summed E-state index contributed by atoms with van der Waals surface area (Å²) in [7, 11) is -2.45. The topological polar surface area (TPSA) is 113 Å². The highest BCUT2D eigenvalue weighted by atomic mass is 32.2. The lowest BCUT2D eigenvalue weighted by Crippen LogP contribution is -2.27. The molecule has 0 fully saturated rings. The van der Waals surface area contributed by atoms with Crippen LogP contribution in [-0.4, -0.2) is 43.7 Å². The summed E-state index contributed by atoms with van der Waals surface area (Å²) in [6, 6.07) is 4.90. The zero-order valence-electron chi connectivity index (χ0n) is 15.5. The minimum atomic E-state index is -4.04. The predicted molar refractivity (Wildman–Crippen MR) is 98.0 cm³/mol. The standard InChI is InChI=1S/C18H23N3O4S/c1-6-21(5)18(23)14-12(4)16(15(20-14)17(19)22)26(24,25)13-8-10(2)7-11(3)9-13/h7-9,20H,6H2,1-5H3,(H2,19,22). The fourth-order valence-corrected chi connectivity index (χ4v) is 4.68. The number of aryl methyl sites for hydroxylation is 2. The number of benzene rings is 1. The number of nitrogens with one attached hydrogen (secondary N) is 1. The van der Waals surface area contributed by atoms with Gasteiger partial charge in [0, 0.05) is 13.6 Å². The van der Waals surface area contributed by atoms with Crippen LogP contribution in [0.4, 0.5) is 0 Å². The highest BCUT2D eigenvalue weighted by Crippen LogP contribution is 2.31. The number of hydrogen-bond acceptors (Lipinski definition) is 4. The number of nitrogens with zero attached hydrogens (tertiary/aromatic N) is 1. The van der Waals surface area contributed by atoms with Gasteiger partial charge in [-0.3, -0.25) is 9.59 Å². The molecule has 0 saturated carbocycles. The van der Waals surface area contributed by atoms with Gasteiger partial charge in [0.15, 0.2) is 0 Å². The van der Waals surface area contributed by atoms with Gasteiger partial charge in [-0.25, -0.2) is 8.42 Å². The highest BCUT2D eigenvalue weighted by Gasteiger charge is 2.32. The van der Waals surface area contributed by atoms with Crippen molar-refractivity contribution < 1.29 is 18.0 Å². The second-order valence-electron chi connectivity index (χ2n) is 6.34. The number of rotatable bonds is 5. The molecule has 8 heteroatoms. The number of carbonyl (C=O) groups excluding carboxylic acids is 2. The Kier molecular flexibility index (Phi) is 5.27. The van der Waals surface area contributed by atoms with Crippen molar-refractivity contribution in [1.29, 1.82) is 0 Å². The van der Waals surface area contributed by atoms with Crippen molar-refractivity contribution in [2.75, 3.05) is 13.6 Å². The third-order valence-corrected chi connectivity index (χ3v) is 6.15. The van der Waals surface area contributed by atoms with Crippen molar-refractivity contribution in [2.24, 2.45) is 5.73 Å². The van der Waals surface area contributed by atoms with E-state index in [2.05, 4.69) is 4.98 Å². The van der Waals surface area contributed by atoms with Crippen molar-refractivity contribution in [1.82, 2.24) is 9.88 Å². The van der Waals surface area contributed by atoms with E-state index in [9.17, 15) is 18.0 Å². The number of amides is 2. The van der Waals surface area contributed by atoms with Gasteiger partial charge in [0.2, 0.25) is 9.84 Å². The van der Waals surface area contributed by atoms with E-state index in [1.807, 2.05) is 6.07 Å². The average molecular weight is 377 g/mol. The Morgan fingerprint density at radius 2 is 1.62 bits per heavy atom. The van der Waals surface area contributed by atoms with Crippen LogP contribution in [0.2, 0.25) is 0 Å². The second kappa shape index (κ2) is 6.95. The second-order valence-corrected chi connectivity index (χ2v) is 8.23. The van der Waals surface area contributed by atoms with E-state index in [0.717, 1.165) is 11.1 Å². The Morgan fingerprint density at radius 3 is 2.08 bits per heavy atom. The van der Waals surface area contributed by atoms with Gasteiger partial charge in [-0.15, -0.1) is 0 Å². The first kappa shape index (κ1) is 19.7. The molecule has 0 unspecified atom stereocenters. The van der Waals surface area contributed by atoms with Gasteiger partial charge in [0.25, 0.3) is 11.8 Å². The number of aromatic amines is 1. The van der Waals surface area contributed by atoms with E-state index < -0.39 is 21.7 Å². The average Bonchev–Trinajstić information content (AvgIpc) is 2.90. The molecule has 0 atom stereocenters. The van der Waals surface area contributed by atoms with E-state index in [0.29, 0.717) is 6.54 Å². The minimum absolute atomic E-state index is 0.0473. The lowest BCUT2D eigenvalue weighted by atomic mass is 10.2. The molecule has 0 spiro atoms. The molecule has 0 bridgehead atoms. The first-order valence-corrected chi connectivity index (χ1v) is 9.60. The van der Waals surface area contributed by atoms with Crippen molar-refractivity contribution in [3.05, 3.63) is 46.3 Å². The zero-order chi connectivity index (χ0) is 19.8. The molecule has 140 valence electrons. The summed E-state index contributed by atoms with van der Waals surface area (Å²) in [6.45, 7) is 7.29. The van der Waals surface area contributed by atoms with Gasteiger partial charge < -0.3 is 15.6 Å². The number of nitrogens with two attached hydrogens (primary N) is 1. The van der Waals surface area contributed by atoms with Gasteiger partial charge in [0.1, 0.15) is 16.3 Å². The summed E-state index contributed by atoms with van der Waals surface area (Å²) < 4.78 is 26.4. The normalized spacial score (nSPS) is 11.4. The van der Waals surface area contributed by atoms with Crippen LogP contribution in [-0.2, 0) is 9.84 Å². The Morgan fingerprint density at radius 1 is 1.08 bits per heavy atom. The van der Waals surface area contributed by atoms with Gasteiger partial charge >= 0.3 is 0 Å². The van der Waals surface area contributed by atoms with Crippen LogP contribution in [0.5, 0.6) is 0 Å². The van der Waals surface area contributed by atoms with Gasteiger partial charge in [-0.05, 0) is 56.5 Å². The SMILES string of the molecule is CCN(C)C(=O)c1[nH]c(C(N)=O)c(S(=O)(=O)c2cc(C)cc(C)c2)c1C. The number of primary amides is 1. The predicted octanol–water partition coefficient (Wildman–Crippen LogP) is 1.96. The Bertz CT molecular complexity index is 970. The van der Waals surface area contributed by atoms with E-state index in [4.69, 9.17) is 5.73 Å². The number of carbonyl (C=O) groups is 2. The van der Waals surface area contributed by atoms with Crippen LogP contribution < -0.4 is 5.73 Å². The van der Waals surface area contributed by atoms with Crippen molar-refractivity contribution >= 4 is 21.7 Å². The molecule has 0 saturated heterocycles. The number of sulfone groups is 1. The molecule has 0 aliphatic rings. The lowest BCUT2D eigenvalue weighted by molar-refractivity contribution is 0.0796. The van der Waals surface area contributed by atoms with Gasteiger partial charge in [-0.2, -0.15) is 0 Å². The molecule has 1 heterocycles. The smallest absolute Gasteiger partial charge is 0.270 e. The highest BCUT2D eigenvalue weighted by molar-refractivity contribution is 7.91. The Balaban J connectivity index is 2.77. The molecule has 7 nitrogen and oxygen atoms in total. The summed E-state index contributed by atoms with van der Waals surface area (Å²) in [6.07, 6.45) is 0. The van der Waals surface area contributed by atoms with Crippen LogP contribution >= 0.6 is 0 Å². The fraction of sp³-hybridized carbons (Fsp3) is 0.333. The monoisotopic (exact) mass is 377 g/mol. The molecule has 0 radical (unpaired) electrons. The molecule has 1 aromatic heterocycles.